The van der Waals surface area contributed by atoms with Crippen LogP contribution in [-0.4, -0.2) is 66.6 Å². The van der Waals surface area contributed by atoms with E-state index >= 15 is 0 Å². The summed E-state index contributed by atoms with van der Waals surface area (Å²) < 4.78 is 5.56. The maximum Gasteiger partial charge on any atom is 0.253 e. The first-order chi connectivity index (χ1) is 11.5. The molecule has 0 unspecified atom stereocenters. The molecule has 130 valence electrons. The third kappa shape index (κ3) is 3.47. The van der Waals surface area contributed by atoms with Crippen LogP contribution in [0.5, 0.6) is 0 Å². The standard InChI is InChI=1S/C19H27N3O2/c1-13-12-22(9-10-24-13)8-7-21(4)19(23)16-5-6-18-17(11-16)14(2)15(3)20-18/h5-6,11,13,20H,7-10,12H2,1-4H3/t13-/m0/s1. The van der Waals surface area contributed by atoms with Gasteiger partial charge < -0.3 is 14.6 Å². The molecule has 1 fully saturated rings. The van der Waals surface area contributed by atoms with Crippen molar-refractivity contribution in [3.8, 4) is 0 Å². The van der Waals surface area contributed by atoms with Gasteiger partial charge in [0.2, 0.25) is 0 Å². The zero-order valence-electron chi connectivity index (χ0n) is 15.1. The Balaban J connectivity index is 1.65. The molecule has 1 N–H and O–H groups in total. The molecule has 0 saturated carbocycles. The molecule has 0 radical (unpaired) electrons. The highest BCUT2D eigenvalue weighted by molar-refractivity contribution is 5.98. The Morgan fingerprint density at radius 2 is 2.21 bits per heavy atom. The van der Waals surface area contributed by atoms with Gasteiger partial charge in [-0.25, -0.2) is 0 Å². The summed E-state index contributed by atoms with van der Waals surface area (Å²) in [5, 5.41) is 1.13. The third-order valence-corrected chi connectivity index (χ3v) is 4.98. The van der Waals surface area contributed by atoms with Gasteiger partial charge in [0.1, 0.15) is 0 Å². The second kappa shape index (κ2) is 6.95. The van der Waals surface area contributed by atoms with E-state index in [1.54, 1.807) is 0 Å². The summed E-state index contributed by atoms with van der Waals surface area (Å²) in [5.74, 6) is 0.0801. The number of aromatic nitrogens is 1. The summed E-state index contributed by atoms with van der Waals surface area (Å²) in [6, 6.07) is 5.91. The number of aryl methyl sites for hydroxylation is 2. The summed E-state index contributed by atoms with van der Waals surface area (Å²) in [4.78, 5) is 20.2. The van der Waals surface area contributed by atoms with Gasteiger partial charge in [-0.1, -0.05) is 0 Å². The van der Waals surface area contributed by atoms with Gasteiger partial charge in [0.25, 0.3) is 5.91 Å². The van der Waals surface area contributed by atoms with Gasteiger partial charge in [0.15, 0.2) is 0 Å². The fraction of sp³-hybridized carbons (Fsp3) is 0.526. The molecule has 1 aliphatic heterocycles. The quantitative estimate of drug-likeness (QED) is 0.938. The van der Waals surface area contributed by atoms with E-state index in [-0.39, 0.29) is 12.0 Å². The molecule has 2 heterocycles. The van der Waals surface area contributed by atoms with Crippen molar-refractivity contribution >= 4 is 16.8 Å². The number of benzene rings is 1. The van der Waals surface area contributed by atoms with Gasteiger partial charge in [-0.2, -0.15) is 0 Å². The van der Waals surface area contributed by atoms with Gasteiger partial charge in [-0.15, -0.1) is 0 Å². The van der Waals surface area contributed by atoms with E-state index in [4.69, 9.17) is 4.74 Å². The summed E-state index contributed by atoms with van der Waals surface area (Å²) >= 11 is 0. The van der Waals surface area contributed by atoms with E-state index < -0.39 is 0 Å². The van der Waals surface area contributed by atoms with Crippen molar-refractivity contribution < 1.29 is 9.53 Å². The highest BCUT2D eigenvalue weighted by Crippen LogP contribution is 2.22. The number of nitrogens with zero attached hydrogens (tertiary/aromatic N) is 2. The SMILES string of the molecule is Cc1[nH]c2ccc(C(=O)N(C)CCN3CCO[C@@H](C)C3)cc2c1C. The Kier molecular flexibility index (Phi) is 4.92. The minimum atomic E-state index is 0.0801. The maximum atomic E-state index is 12.7. The summed E-state index contributed by atoms with van der Waals surface area (Å²) in [6.45, 7) is 10.5. The summed E-state index contributed by atoms with van der Waals surface area (Å²) in [7, 11) is 1.88. The predicted molar refractivity (Wildman–Crippen MR) is 96.6 cm³/mol. The van der Waals surface area contributed by atoms with Crippen LogP contribution in [0.4, 0.5) is 0 Å². The van der Waals surface area contributed by atoms with E-state index in [9.17, 15) is 4.79 Å². The summed E-state index contributed by atoms with van der Waals surface area (Å²) in [5.41, 5.74) is 4.21. The highest BCUT2D eigenvalue weighted by Gasteiger charge is 2.18. The zero-order chi connectivity index (χ0) is 17.3. The maximum absolute atomic E-state index is 12.7. The number of carbonyl (C=O) groups excluding carboxylic acids is 1. The summed E-state index contributed by atoms with van der Waals surface area (Å²) in [6.07, 6.45) is 0.280. The van der Waals surface area contributed by atoms with Crippen molar-refractivity contribution in [3.05, 3.63) is 35.0 Å². The number of amides is 1. The lowest BCUT2D eigenvalue weighted by Crippen LogP contribution is -2.44. The third-order valence-electron chi connectivity index (χ3n) is 4.98. The van der Waals surface area contributed by atoms with E-state index in [1.165, 1.54) is 5.56 Å². The smallest absolute Gasteiger partial charge is 0.253 e. The number of likely N-dealkylation sites (N-methyl/N-ethyl adjacent to an activating group) is 1. The van der Waals surface area contributed by atoms with Crippen molar-refractivity contribution in [1.29, 1.82) is 0 Å². The number of hydrogen-bond donors (Lipinski definition) is 1. The number of ether oxygens (including phenoxy) is 1. The van der Waals surface area contributed by atoms with Crippen molar-refractivity contribution in [2.75, 3.05) is 39.8 Å². The fourth-order valence-corrected chi connectivity index (χ4v) is 3.30. The van der Waals surface area contributed by atoms with Crippen LogP contribution in [0.2, 0.25) is 0 Å². The number of nitrogens with one attached hydrogen (secondary N) is 1. The van der Waals surface area contributed by atoms with Crippen molar-refractivity contribution in [1.82, 2.24) is 14.8 Å². The first-order valence-corrected chi connectivity index (χ1v) is 8.64. The van der Waals surface area contributed by atoms with Gasteiger partial charge in [0.05, 0.1) is 12.7 Å². The largest absolute Gasteiger partial charge is 0.376 e. The average Bonchev–Trinajstić information content (AvgIpc) is 2.86. The van der Waals surface area contributed by atoms with E-state index in [0.29, 0.717) is 0 Å². The number of rotatable bonds is 4. The van der Waals surface area contributed by atoms with Crippen LogP contribution in [0.15, 0.2) is 18.2 Å². The van der Waals surface area contributed by atoms with Crippen LogP contribution in [0.1, 0.15) is 28.5 Å². The van der Waals surface area contributed by atoms with Crippen LogP contribution in [0.25, 0.3) is 10.9 Å². The second-order valence-corrected chi connectivity index (χ2v) is 6.84. The number of H-pyrrole nitrogens is 1. The Morgan fingerprint density at radius 1 is 1.42 bits per heavy atom. The van der Waals surface area contributed by atoms with Crippen molar-refractivity contribution in [2.45, 2.75) is 26.9 Å². The van der Waals surface area contributed by atoms with Crippen molar-refractivity contribution in [3.63, 3.8) is 0 Å². The zero-order valence-corrected chi connectivity index (χ0v) is 15.1. The first-order valence-electron chi connectivity index (χ1n) is 8.64. The van der Waals surface area contributed by atoms with Crippen LogP contribution in [0.3, 0.4) is 0 Å². The van der Waals surface area contributed by atoms with Crippen LogP contribution in [0, 0.1) is 13.8 Å². The molecule has 1 saturated heterocycles. The van der Waals surface area contributed by atoms with Gasteiger partial charge >= 0.3 is 0 Å². The van der Waals surface area contributed by atoms with Crippen LogP contribution >= 0.6 is 0 Å². The molecular formula is C19H27N3O2. The van der Waals surface area contributed by atoms with Crippen molar-refractivity contribution in [2.24, 2.45) is 0 Å². The second-order valence-electron chi connectivity index (χ2n) is 6.84. The molecule has 1 aliphatic rings. The van der Waals surface area contributed by atoms with Crippen LogP contribution in [-0.2, 0) is 4.74 Å². The molecule has 0 bridgehead atoms. The van der Waals surface area contributed by atoms with Crippen LogP contribution < -0.4 is 0 Å². The van der Waals surface area contributed by atoms with E-state index in [2.05, 4.69) is 30.7 Å². The van der Waals surface area contributed by atoms with E-state index in [1.807, 2.05) is 30.1 Å². The molecule has 1 amide bonds. The molecule has 0 aliphatic carbocycles. The lowest BCUT2D eigenvalue weighted by atomic mass is 10.1. The molecule has 2 aromatic rings. The average molecular weight is 329 g/mol. The Morgan fingerprint density at radius 3 is 2.96 bits per heavy atom. The molecule has 1 aromatic heterocycles. The lowest BCUT2D eigenvalue weighted by molar-refractivity contribution is -0.0196. The molecule has 24 heavy (non-hydrogen) atoms. The number of hydrogen-bond acceptors (Lipinski definition) is 3. The Bertz CT molecular complexity index is 738. The molecule has 5 heteroatoms. The number of carbonyl (C=O) groups is 1. The highest BCUT2D eigenvalue weighted by atomic mass is 16.5. The normalized spacial score (nSPS) is 18.9. The Hall–Kier alpha value is -1.85. The molecule has 1 aromatic carbocycles. The first kappa shape index (κ1) is 17.0. The van der Waals surface area contributed by atoms with Gasteiger partial charge in [0, 0.05) is 55.4 Å². The number of aromatic amines is 1. The number of fused-ring (bicyclic) bond motifs is 1. The minimum absolute atomic E-state index is 0.0801. The molecule has 5 nitrogen and oxygen atoms in total. The van der Waals surface area contributed by atoms with E-state index in [0.717, 1.165) is 54.9 Å². The monoisotopic (exact) mass is 329 g/mol. The van der Waals surface area contributed by atoms with Gasteiger partial charge in [-0.05, 0) is 44.5 Å². The molecule has 3 rings (SSSR count). The molecule has 1 atom stereocenters. The molecular weight excluding hydrogens is 302 g/mol. The topological polar surface area (TPSA) is 48.6 Å². The fourth-order valence-electron chi connectivity index (χ4n) is 3.30. The predicted octanol–water partition coefficient (Wildman–Crippen LogP) is 2.58. The lowest BCUT2D eigenvalue weighted by Gasteiger charge is -2.32. The van der Waals surface area contributed by atoms with Gasteiger partial charge in [-0.3, -0.25) is 9.69 Å². The minimum Gasteiger partial charge on any atom is -0.376 e. The molecule has 0 spiro atoms. The Labute approximate surface area is 143 Å². The number of morpholine rings is 1.